The van der Waals surface area contributed by atoms with Crippen molar-refractivity contribution in [3.8, 4) is 11.1 Å². The quantitative estimate of drug-likeness (QED) is 0.571. The molecule has 0 aliphatic carbocycles. The Labute approximate surface area is 150 Å². The van der Waals surface area contributed by atoms with E-state index in [4.69, 9.17) is 4.74 Å². The van der Waals surface area contributed by atoms with Crippen molar-refractivity contribution in [3.63, 3.8) is 0 Å². The van der Waals surface area contributed by atoms with Crippen molar-refractivity contribution in [2.24, 2.45) is 0 Å². The maximum Gasteiger partial charge on any atom is 0.333 e. The molecular formula is C22H26O3. The second kappa shape index (κ2) is 9.19. The van der Waals surface area contributed by atoms with E-state index in [0.717, 1.165) is 35.1 Å². The van der Waals surface area contributed by atoms with Crippen molar-refractivity contribution in [1.82, 2.24) is 0 Å². The van der Waals surface area contributed by atoms with E-state index in [9.17, 15) is 9.90 Å². The third-order valence-electron chi connectivity index (χ3n) is 4.08. The molecular weight excluding hydrogens is 312 g/mol. The minimum absolute atomic E-state index is 0.0933. The second-order valence-electron chi connectivity index (χ2n) is 6.27. The van der Waals surface area contributed by atoms with Crippen LogP contribution in [0, 0.1) is 0 Å². The Balaban J connectivity index is 2.31. The summed E-state index contributed by atoms with van der Waals surface area (Å²) in [5, 5.41) is 9.17. The SMILES string of the molecule is C=C(C)C(=O)OCc1cc(CCO)ccc1-c1ccc(CCC)cc1. The Morgan fingerprint density at radius 2 is 1.76 bits per heavy atom. The second-order valence-corrected chi connectivity index (χ2v) is 6.27. The molecule has 1 N–H and O–H groups in total. The van der Waals surface area contributed by atoms with E-state index in [1.807, 2.05) is 18.2 Å². The third kappa shape index (κ3) is 5.30. The molecule has 3 heteroatoms. The van der Waals surface area contributed by atoms with Gasteiger partial charge in [-0.05, 0) is 47.6 Å². The molecule has 2 aromatic carbocycles. The van der Waals surface area contributed by atoms with Crippen molar-refractivity contribution in [1.29, 1.82) is 0 Å². The van der Waals surface area contributed by atoms with Gasteiger partial charge in [-0.25, -0.2) is 4.79 Å². The van der Waals surface area contributed by atoms with Crippen LogP contribution in [0.15, 0.2) is 54.6 Å². The molecule has 2 aromatic rings. The number of rotatable bonds is 8. The Morgan fingerprint density at radius 1 is 1.08 bits per heavy atom. The highest BCUT2D eigenvalue weighted by atomic mass is 16.5. The van der Waals surface area contributed by atoms with Gasteiger partial charge in [0.2, 0.25) is 0 Å². The van der Waals surface area contributed by atoms with Crippen LogP contribution in [-0.4, -0.2) is 17.7 Å². The molecule has 0 saturated heterocycles. The number of hydrogen-bond donors (Lipinski definition) is 1. The summed E-state index contributed by atoms with van der Waals surface area (Å²) < 4.78 is 5.35. The zero-order valence-corrected chi connectivity index (χ0v) is 15.0. The number of aliphatic hydroxyl groups is 1. The van der Waals surface area contributed by atoms with Gasteiger partial charge < -0.3 is 9.84 Å². The van der Waals surface area contributed by atoms with Gasteiger partial charge >= 0.3 is 5.97 Å². The molecule has 3 nitrogen and oxygen atoms in total. The number of aryl methyl sites for hydroxylation is 1. The fourth-order valence-corrected chi connectivity index (χ4v) is 2.74. The molecule has 0 heterocycles. The highest BCUT2D eigenvalue weighted by molar-refractivity contribution is 5.87. The first-order valence-corrected chi connectivity index (χ1v) is 8.69. The Bertz CT molecular complexity index is 729. The van der Waals surface area contributed by atoms with Crippen molar-refractivity contribution in [2.45, 2.75) is 39.7 Å². The smallest absolute Gasteiger partial charge is 0.333 e. The molecule has 0 atom stereocenters. The highest BCUT2D eigenvalue weighted by Gasteiger charge is 2.10. The lowest BCUT2D eigenvalue weighted by molar-refractivity contribution is -0.140. The standard InChI is InChI=1S/C22H26O3/c1-4-5-17-6-9-19(10-7-17)21-11-8-18(12-13-23)14-20(21)15-25-22(24)16(2)3/h6-11,14,23H,2,4-5,12-13,15H2,1,3H3. The lowest BCUT2D eigenvalue weighted by atomic mass is 9.96. The molecule has 0 bridgehead atoms. The third-order valence-corrected chi connectivity index (χ3v) is 4.08. The minimum atomic E-state index is -0.392. The number of esters is 1. The van der Waals surface area contributed by atoms with Crippen molar-refractivity contribution in [3.05, 3.63) is 71.3 Å². The van der Waals surface area contributed by atoms with Gasteiger partial charge in [-0.15, -0.1) is 0 Å². The van der Waals surface area contributed by atoms with Gasteiger partial charge in [-0.1, -0.05) is 62.4 Å². The number of benzene rings is 2. The van der Waals surface area contributed by atoms with Gasteiger partial charge in [0, 0.05) is 12.2 Å². The van der Waals surface area contributed by atoms with Crippen LogP contribution in [-0.2, 0) is 29.0 Å². The zero-order chi connectivity index (χ0) is 18.2. The van der Waals surface area contributed by atoms with Crippen molar-refractivity contribution >= 4 is 5.97 Å². The summed E-state index contributed by atoms with van der Waals surface area (Å²) in [6, 6.07) is 14.5. The molecule has 0 radical (unpaired) electrons. The van der Waals surface area contributed by atoms with Crippen molar-refractivity contribution in [2.75, 3.05) is 6.61 Å². The topological polar surface area (TPSA) is 46.5 Å². The number of carbonyl (C=O) groups is 1. The average molecular weight is 338 g/mol. The Hall–Kier alpha value is -2.39. The summed E-state index contributed by atoms with van der Waals surface area (Å²) in [7, 11) is 0. The normalized spacial score (nSPS) is 10.5. The Morgan fingerprint density at radius 3 is 2.36 bits per heavy atom. The minimum Gasteiger partial charge on any atom is -0.457 e. The van der Waals surface area contributed by atoms with Gasteiger partial charge in [-0.3, -0.25) is 0 Å². The summed E-state index contributed by atoms with van der Waals surface area (Å²) >= 11 is 0. The maximum absolute atomic E-state index is 11.7. The monoisotopic (exact) mass is 338 g/mol. The van der Waals surface area contributed by atoms with Crippen LogP contribution < -0.4 is 0 Å². The fraction of sp³-hybridized carbons (Fsp3) is 0.318. The first-order valence-electron chi connectivity index (χ1n) is 8.69. The van der Waals surface area contributed by atoms with Gasteiger partial charge in [0.25, 0.3) is 0 Å². The molecule has 0 aliphatic heterocycles. The van der Waals surface area contributed by atoms with Crippen LogP contribution in [0.4, 0.5) is 0 Å². The van der Waals surface area contributed by atoms with E-state index in [1.54, 1.807) is 6.92 Å². The number of carbonyl (C=O) groups excluding carboxylic acids is 1. The van der Waals surface area contributed by atoms with E-state index in [2.05, 4.69) is 37.8 Å². The number of ether oxygens (including phenoxy) is 1. The van der Waals surface area contributed by atoms with E-state index >= 15 is 0 Å². The molecule has 132 valence electrons. The summed E-state index contributed by atoms with van der Waals surface area (Å²) in [6.07, 6.45) is 2.77. The first-order chi connectivity index (χ1) is 12.0. The first kappa shape index (κ1) is 18.9. The molecule has 2 rings (SSSR count). The molecule has 0 unspecified atom stereocenters. The molecule has 0 aromatic heterocycles. The van der Waals surface area contributed by atoms with Crippen LogP contribution in [0.5, 0.6) is 0 Å². The summed E-state index contributed by atoms with van der Waals surface area (Å²) in [5.74, 6) is -0.392. The van der Waals surface area contributed by atoms with E-state index < -0.39 is 5.97 Å². The summed E-state index contributed by atoms with van der Waals surface area (Å²) in [6.45, 7) is 7.70. The van der Waals surface area contributed by atoms with Gasteiger partial charge in [0.1, 0.15) is 6.61 Å². The largest absolute Gasteiger partial charge is 0.457 e. The molecule has 25 heavy (non-hydrogen) atoms. The van der Waals surface area contributed by atoms with E-state index in [-0.39, 0.29) is 13.2 Å². The molecule has 0 fully saturated rings. The van der Waals surface area contributed by atoms with Crippen LogP contribution in [0.3, 0.4) is 0 Å². The lowest BCUT2D eigenvalue weighted by Gasteiger charge is -2.13. The number of hydrogen-bond acceptors (Lipinski definition) is 3. The van der Waals surface area contributed by atoms with Crippen LogP contribution in [0.25, 0.3) is 11.1 Å². The van der Waals surface area contributed by atoms with Gasteiger partial charge in [-0.2, -0.15) is 0 Å². The lowest BCUT2D eigenvalue weighted by Crippen LogP contribution is -2.06. The fourth-order valence-electron chi connectivity index (χ4n) is 2.74. The molecule has 0 saturated carbocycles. The van der Waals surface area contributed by atoms with E-state index in [1.165, 1.54) is 5.56 Å². The average Bonchev–Trinajstić information content (AvgIpc) is 2.61. The van der Waals surface area contributed by atoms with E-state index in [0.29, 0.717) is 12.0 Å². The van der Waals surface area contributed by atoms with Gasteiger partial charge in [0.05, 0.1) is 0 Å². The Kier molecular flexibility index (Phi) is 6.96. The molecule has 0 spiro atoms. The number of aliphatic hydroxyl groups excluding tert-OH is 1. The highest BCUT2D eigenvalue weighted by Crippen LogP contribution is 2.27. The summed E-state index contributed by atoms with van der Waals surface area (Å²) in [5.41, 5.74) is 5.80. The predicted octanol–water partition coefficient (Wildman–Crippen LogP) is 4.46. The van der Waals surface area contributed by atoms with Crippen LogP contribution in [0.2, 0.25) is 0 Å². The van der Waals surface area contributed by atoms with Gasteiger partial charge in [0.15, 0.2) is 0 Å². The van der Waals surface area contributed by atoms with Crippen LogP contribution >= 0.6 is 0 Å². The summed E-state index contributed by atoms with van der Waals surface area (Å²) in [4.78, 5) is 11.7. The molecule has 0 aliphatic rings. The predicted molar refractivity (Wildman–Crippen MR) is 101 cm³/mol. The van der Waals surface area contributed by atoms with Crippen LogP contribution in [0.1, 0.15) is 37.0 Å². The zero-order valence-electron chi connectivity index (χ0n) is 15.0. The molecule has 0 amide bonds. The van der Waals surface area contributed by atoms with Crippen molar-refractivity contribution < 1.29 is 14.6 Å². The maximum atomic E-state index is 11.7.